The maximum atomic E-state index is 12.2. The van der Waals surface area contributed by atoms with Crippen LogP contribution in [0.25, 0.3) is 22.2 Å². The molecular formula is C21H22N4O5. The van der Waals surface area contributed by atoms with Crippen molar-refractivity contribution in [3.8, 4) is 22.8 Å². The van der Waals surface area contributed by atoms with Crippen LogP contribution in [0.2, 0.25) is 0 Å². The zero-order chi connectivity index (χ0) is 22.0. The van der Waals surface area contributed by atoms with E-state index in [9.17, 15) is 14.7 Å². The highest BCUT2D eigenvalue weighted by molar-refractivity contribution is 6.03. The number of nitrogen functional groups attached to an aromatic ring is 1. The Morgan fingerprint density at radius 3 is 2.50 bits per heavy atom. The summed E-state index contributed by atoms with van der Waals surface area (Å²) in [6.07, 6.45) is 0. The summed E-state index contributed by atoms with van der Waals surface area (Å²) < 4.78 is 10.7. The number of fused-ring (bicyclic) bond motifs is 1. The number of hydrogen-bond acceptors (Lipinski definition) is 7. The zero-order valence-corrected chi connectivity index (χ0v) is 16.6. The number of methoxy groups -OCH3 is 1. The molecule has 3 rings (SSSR count). The fourth-order valence-corrected chi connectivity index (χ4v) is 3.20. The summed E-state index contributed by atoms with van der Waals surface area (Å²) in [7, 11) is 1.54. The van der Waals surface area contributed by atoms with Crippen molar-refractivity contribution >= 4 is 28.4 Å². The summed E-state index contributed by atoms with van der Waals surface area (Å²) in [6, 6.07) is 8.36. The summed E-state index contributed by atoms with van der Waals surface area (Å²) in [5, 5.41) is 10.7. The molecule has 9 nitrogen and oxygen atoms in total. The number of ether oxygens (including phenoxy) is 2. The SMILES string of the molecule is COc1ccc2cc(C(N)=O)c(-c3cc(OCC(N)=O)c(N)c(C)c3CO)nc2c1. The molecule has 0 unspecified atom stereocenters. The zero-order valence-electron chi connectivity index (χ0n) is 16.6. The Bertz CT molecular complexity index is 1160. The second kappa shape index (κ2) is 8.26. The number of aliphatic hydroxyl groups is 1. The lowest BCUT2D eigenvalue weighted by molar-refractivity contribution is -0.119. The van der Waals surface area contributed by atoms with E-state index in [1.165, 1.54) is 13.2 Å². The summed E-state index contributed by atoms with van der Waals surface area (Å²) in [5.41, 5.74) is 19.5. The van der Waals surface area contributed by atoms with Crippen LogP contribution in [0.5, 0.6) is 11.5 Å². The van der Waals surface area contributed by atoms with Crippen LogP contribution < -0.4 is 26.7 Å². The molecule has 0 atom stereocenters. The molecule has 0 radical (unpaired) electrons. The fraction of sp³-hybridized carbons (Fsp3) is 0.190. The number of benzene rings is 2. The quantitative estimate of drug-likeness (QED) is 0.426. The highest BCUT2D eigenvalue weighted by atomic mass is 16.5. The lowest BCUT2D eigenvalue weighted by atomic mass is 9.94. The molecule has 9 heteroatoms. The smallest absolute Gasteiger partial charge is 0.255 e. The van der Waals surface area contributed by atoms with Gasteiger partial charge in [-0.2, -0.15) is 0 Å². The third-order valence-corrected chi connectivity index (χ3v) is 4.80. The van der Waals surface area contributed by atoms with Gasteiger partial charge in [-0.1, -0.05) is 0 Å². The number of aliphatic hydroxyl groups excluding tert-OH is 1. The predicted molar refractivity (Wildman–Crippen MR) is 112 cm³/mol. The molecule has 0 aliphatic heterocycles. The first kappa shape index (κ1) is 20.9. The molecule has 0 saturated heterocycles. The number of carbonyl (C=O) groups is 2. The Morgan fingerprint density at radius 1 is 1.17 bits per heavy atom. The van der Waals surface area contributed by atoms with Crippen molar-refractivity contribution in [1.29, 1.82) is 0 Å². The minimum atomic E-state index is -0.687. The van der Waals surface area contributed by atoms with Crippen LogP contribution >= 0.6 is 0 Å². The van der Waals surface area contributed by atoms with Gasteiger partial charge in [0.05, 0.1) is 36.2 Å². The molecule has 7 N–H and O–H groups in total. The van der Waals surface area contributed by atoms with E-state index in [0.29, 0.717) is 33.3 Å². The summed E-state index contributed by atoms with van der Waals surface area (Å²) in [6.45, 7) is 0.944. The van der Waals surface area contributed by atoms with Gasteiger partial charge in [-0.3, -0.25) is 9.59 Å². The highest BCUT2D eigenvalue weighted by Crippen LogP contribution is 2.38. The first-order valence-electron chi connectivity index (χ1n) is 8.99. The second-order valence-corrected chi connectivity index (χ2v) is 6.66. The first-order valence-corrected chi connectivity index (χ1v) is 8.99. The molecule has 0 aliphatic rings. The van der Waals surface area contributed by atoms with E-state index < -0.39 is 11.8 Å². The van der Waals surface area contributed by atoms with E-state index in [2.05, 4.69) is 4.98 Å². The molecule has 1 heterocycles. The van der Waals surface area contributed by atoms with Gasteiger partial charge in [0.25, 0.3) is 11.8 Å². The largest absolute Gasteiger partial charge is 0.497 e. The Morgan fingerprint density at radius 2 is 1.90 bits per heavy atom. The van der Waals surface area contributed by atoms with Gasteiger partial charge < -0.3 is 31.8 Å². The normalized spacial score (nSPS) is 10.8. The number of carbonyl (C=O) groups excluding carboxylic acids is 2. The number of pyridine rings is 1. The van der Waals surface area contributed by atoms with E-state index in [1.807, 2.05) is 0 Å². The monoisotopic (exact) mass is 410 g/mol. The van der Waals surface area contributed by atoms with E-state index in [4.69, 9.17) is 26.7 Å². The van der Waals surface area contributed by atoms with Crippen molar-refractivity contribution in [1.82, 2.24) is 4.98 Å². The average Bonchev–Trinajstić information content (AvgIpc) is 2.72. The van der Waals surface area contributed by atoms with Crippen molar-refractivity contribution in [2.75, 3.05) is 19.5 Å². The van der Waals surface area contributed by atoms with Gasteiger partial charge in [-0.25, -0.2) is 4.98 Å². The maximum absolute atomic E-state index is 12.2. The Kier molecular flexibility index (Phi) is 5.74. The van der Waals surface area contributed by atoms with Crippen molar-refractivity contribution < 1.29 is 24.2 Å². The Labute approximate surface area is 172 Å². The third kappa shape index (κ3) is 3.83. The number of hydrogen-bond donors (Lipinski definition) is 4. The molecule has 0 saturated carbocycles. The van der Waals surface area contributed by atoms with Crippen LogP contribution in [0.15, 0.2) is 30.3 Å². The minimum Gasteiger partial charge on any atom is -0.497 e. The molecule has 0 aliphatic carbocycles. The van der Waals surface area contributed by atoms with Crippen molar-refractivity contribution in [3.05, 3.63) is 47.0 Å². The van der Waals surface area contributed by atoms with E-state index >= 15 is 0 Å². The summed E-state index contributed by atoms with van der Waals surface area (Å²) in [5.74, 6) is -0.586. The van der Waals surface area contributed by atoms with Crippen molar-refractivity contribution in [3.63, 3.8) is 0 Å². The van der Waals surface area contributed by atoms with Gasteiger partial charge >= 0.3 is 0 Å². The molecule has 2 aromatic carbocycles. The van der Waals surface area contributed by atoms with Gasteiger partial charge in [0.2, 0.25) is 0 Å². The molecule has 0 fully saturated rings. The highest BCUT2D eigenvalue weighted by Gasteiger charge is 2.21. The van der Waals surface area contributed by atoms with Crippen molar-refractivity contribution in [2.24, 2.45) is 11.5 Å². The van der Waals surface area contributed by atoms with E-state index in [1.54, 1.807) is 31.2 Å². The van der Waals surface area contributed by atoms with E-state index in [0.717, 1.165) is 0 Å². The second-order valence-electron chi connectivity index (χ2n) is 6.66. The number of aromatic nitrogens is 1. The van der Waals surface area contributed by atoms with Crippen LogP contribution in [-0.4, -0.2) is 35.6 Å². The van der Waals surface area contributed by atoms with Crippen LogP contribution in [0.1, 0.15) is 21.5 Å². The van der Waals surface area contributed by atoms with Gasteiger partial charge in [0.15, 0.2) is 6.61 Å². The average molecular weight is 410 g/mol. The first-order chi connectivity index (χ1) is 14.3. The topological polar surface area (TPSA) is 164 Å². The predicted octanol–water partition coefficient (Wildman–Crippen LogP) is 1.26. The standard InChI is InChI=1S/C21H22N4O5/c1-10-15(8-26)13(7-17(19(10)23)30-9-18(22)27)20-14(21(24)28)5-11-3-4-12(29-2)6-16(11)25-20/h3-7,26H,8-9,23H2,1-2H3,(H2,22,27)(H2,24,28). The van der Waals surface area contributed by atoms with E-state index in [-0.39, 0.29) is 35.9 Å². The van der Waals surface area contributed by atoms with Crippen LogP contribution in [0, 0.1) is 6.92 Å². The molecule has 2 amide bonds. The lowest BCUT2D eigenvalue weighted by Gasteiger charge is -2.18. The molecule has 156 valence electrons. The number of rotatable bonds is 7. The van der Waals surface area contributed by atoms with Crippen molar-refractivity contribution in [2.45, 2.75) is 13.5 Å². The van der Waals surface area contributed by atoms with Crippen LogP contribution in [-0.2, 0) is 11.4 Å². The molecule has 30 heavy (non-hydrogen) atoms. The molecular weight excluding hydrogens is 388 g/mol. The Balaban J connectivity index is 2.32. The number of primary amides is 2. The third-order valence-electron chi connectivity index (χ3n) is 4.80. The molecule has 0 bridgehead atoms. The molecule has 0 spiro atoms. The van der Waals surface area contributed by atoms with Gasteiger partial charge in [0, 0.05) is 17.0 Å². The van der Waals surface area contributed by atoms with Gasteiger partial charge in [0.1, 0.15) is 11.5 Å². The summed E-state index contributed by atoms with van der Waals surface area (Å²) in [4.78, 5) is 27.9. The maximum Gasteiger partial charge on any atom is 0.255 e. The summed E-state index contributed by atoms with van der Waals surface area (Å²) >= 11 is 0. The molecule has 1 aromatic heterocycles. The van der Waals surface area contributed by atoms with Gasteiger partial charge in [-0.15, -0.1) is 0 Å². The van der Waals surface area contributed by atoms with Crippen LogP contribution in [0.3, 0.4) is 0 Å². The van der Waals surface area contributed by atoms with Crippen LogP contribution in [0.4, 0.5) is 5.69 Å². The number of nitrogens with two attached hydrogens (primary N) is 3. The number of nitrogens with zero attached hydrogens (tertiary/aromatic N) is 1. The fourth-order valence-electron chi connectivity index (χ4n) is 3.20. The molecule has 3 aromatic rings. The van der Waals surface area contributed by atoms with Gasteiger partial charge in [-0.05, 0) is 42.3 Å². The number of amides is 2. The minimum absolute atomic E-state index is 0.160. The lowest BCUT2D eigenvalue weighted by Crippen LogP contribution is -2.20. The Hall–Kier alpha value is -3.85. The number of anilines is 1.